The second-order valence-electron chi connectivity index (χ2n) is 7.02. The van der Waals surface area contributed by atoms with Crippen LogP contribution in [0.15, 0.2) is 0 Å². The van der Waals surface area contributed by atoms with Crippen LogP contribution in [0.5, 0.6) is 0 Å². The third-order valence-corrected chi connectivity index (χ3v) is 5.75. The molecular weight excluding hydrogens is 266 g/mol. The molecule has 2 aliphatic heterocycles. The van der Waals surface area contributed by atoms with E-state index >= 15 is 0 Å². The molecule has 2 fully saturated rings. The summed E-state index contributed by atoms with van der Waals surface area (Å²) in [5.74, 6) is 0.170. The zero-order valence-electron chi connectivity index (χ0n) is 12.3. The van der Waals surface area contributed by atoms with Crippen LogP contribution in [0.3, 0.4) is 0 Å². The lowest BCUT2D eigenvalue weighted by Gasteiger charge is -2.42. The molecule has 0 saturated carbocycles. The molecule has 19 heavy (non-hydrogen) atoms. The molecule has 0 aromatic carbocycles. The van der Waals surface area contributed by atoms with Crippen molar-refractivity contribution >= 4 is 10.0 Å². The molecule has 2 heterocycles. The van der Waals surface area contributed by atoms with Crippen LogP contribution in [0.4, 0.5) is 0 Å². The van der Waals surface area contributed by atoms with Crippen LogP contribution in [-0.2, 0) is 19.5 Å². The summed E-state index contributed by atoms with van der Waals surface area (Å²) in [5, 5.41) is 0. The van der Waals surface area contributed by atoms with Gasteiger partial charge in [-0.2, -0.15) is 4.31 Å². The van der Waals surface area contributed by atoms with Crippen LogP contribution in [0.25, 0.3) is 0 Å². The molecule has 2 rings (SSSR count). The summed E-state index contributed by atoms with van der Waals surface area (Å²) < 4.78 is 38.0. The maximum absolute atomic E-state index is 12.5. The smallest absolute Gasteiger partial charge is 0.214 e. The summed E-state index contributed by atoms with van der Waals surface area (Å²) in [6.07, 6.45) is 0.698. The first-order valence-corrected chi connectivity index (χ1v) is 8.46. The second-order valence-corrected chi connectivity index (χ2v) is 8.99. The van der Waals surface area contributed by atoms with E-state index in [1.54, 1.807) is 4.31 Å². The van der Waals surface area contributed by atoms with Gasteiger partial charge in [-0.25, -0.2) is 8.42 Å². The van der Waals surface area contributed by atoms with Crippen LogP contribution in [0.2, 0.25) is 0 Å². The maximum atomic E-state index is 12.5. The summed E-state index contributed by atoms with van der Waals surface area (Å²) in [7, 11) is -3.24. The van der Waals surface area contributed by atoms with E-state index in [1.807, 2.05) is 27.7 Å². The van der Waals surface area contributed by atoms with Crippen molar-refractivity contribution in [3.63, 3.8) is 0 Å². The largest absolute Gasteiger partial charge is 0.378 e. The topological polar surface area (TPSA) is 55.8 Å². The molecule has 2 saturated heterocycles. The molecule has 2 aliphatic rings. The fourth-order valence-corrected chi connectivity index (χ4v) is 4.98. The zero-order valence-corrected chi connectivity index (χ0v) is 13.1. The predicted octanol–water partition coefficient (Wildman–Crippen LogP) is 1.24. The lowest BCUT2D eigenvalue weighted by molar-refractivity contribution is -0.130. The van der Waals surface area contributed by atoms with E-state index in [2.05, 4.69) is 0 Å². The summed E-state index contributed by atoms with van der Waals surface area (Å²) in [5.41, 5.74) is -0.664. The third-order valence-electron chi connectivity index (χ3n) is 3.45. The first-order chi connectivity index (χ1) is 8.62. The molecule has 0 aromatic rings. The van der Waals surface area contributed by atoms with Gasteiger partial charge in [0.05, 0.1) is 18.5 Å². The van der Waals surface area contributed by atoms with E-state index in [1.165, 1.54) is 0 Å². The highest BCUT2D eigenvalue weighted by Gasteiger charge is 2.46. The molecule has 0 aromatic heterocycles. The molecule has 0 radical (unpaired) electrons. The Hall–Kier alpha value is -0.170. The van der Waals surface area contributed by atoms with Gasteiger partial charge in [-0.05, 0) is 12.3 Å². The van der Waals surface area contributed by atoms with Gasteiger partial charge in [-0.1, -0.05) is 20.8 Å². The molecule has 5 nitrogen and oxygen atoms in total. The molecule has 6 heteroatoms. The van der Waals surface area contributed by atoms with Crippen molar-refractivity contribution in [1.29, 1.82) is 0 Å². The van der Waals surface area contributed by atoms with Crippen molar-refractivity contribution < 1.29 is 17.9 Å². The minimum absolute atomic E-state index is 0.0785. The van der Waals surface area contributed by atoms with Crippen LogP contribution >= 0.6 is 0 Å². The minimum Gasteiger partial charge on any atom is -0.378 e. The van der Waals surface area contributed by atoms with E-state index in [-0.39, 0.29) is 17.3 Å². The Bertz CT molecular complexity index is 420. The molecular formula is C13H25NO4S. The van der Waals surface area contributed by atoms with E-state index in [9.17, 15) is 8.42 Å². The summed E-state index contributed by atoms with van der Waals surface area (Å²) in [6, 6.07) is 0. The highest BCUT2D eigenvalue weighted by Crippen LogP contribution is 2.32. The molecule has 1 spiro atoms. The molecule has 0 N–H and O–H groups in total. The Morgan fingerprint density at radius 3 is 2.58 bits per heavy atom. The van der Waals surface area contributed by atoms with Crippen LogP contribution in [-0.4, -0.2) is 56.5 Å². The Kier molecular flexibility index (Phi) is 3.99. The van der Waals surface area contributed by atoms with E-state index in [4.69, 9.17) is 9.47 Å². The van der Waals surface area contributed by atoms with Gasteiger partial charge in [0, 0.05) is 26.1 Å². The first kappa shape index (κ1) is 15.2. The Morgan fingerprint density at radius 2 is 2.05 bits per heavy atom. The number of rotatable bonds is 2. The molecule has 0 aliphatic carbocycles. The van der Waals surface area contributed by atoms with Gasteiger partial charge in [-0.15, -0.1) is 0 Å². The number of hydrogen-bond acceptors (Lipinski definition) is 4. The number of sulfonamides is 1. The van der Waals surface area contributed by atoms with Gasteiger partial charge in [0.15, 0.2) is 0 Å². The fraction of sp³-hybridized carbons (Fsp3) is 1.00. The van der Waals surface area contributed by atoms with Gasteiger partial charge < -0.3 is 9.47 Å². The van der Waals surface area contributed by atoms with E-state index < -0.39 is 15.6 Å². The van der Waals surface area contributed by atoms with Crippen molar-refractivity contribution in [3.8, 4) is 0 Å². The standard InChI is InChI=1S/C13H25NO4S/c1-11-7-14(19(15,16)10-12(2,3)4)8-13(18-11)5-6-17-9-13/h11H,5-10H2,1-4H3. The zero-order chi connectivity index (χ0) is 14.3. The minimum atomic E-state index is -3.24. The van der Waals surface area contributed by atoms with Gasteiger partial charge in [0.2, 0.25) is 10.0 Å². The van der Waals surface area contributed by atoms with Crippen molar-refractivity contribution in [2.45, 2.75) is 45.8 Å². The Morgan fingerprint density at radius 1 is 1.37 bits per heavy atom. The molecule has 2 atom stereocenters. The quantitative estimate of drug-likeness (QED) is 0.768. The van der Waals surface area contributed by atoms with Gasteiger partial charge in [-0.3, -0.25) is 0 Å². The summed E-state index contributed by atoms with van der Waals surface area (Å²) in [6.45, 7) is 9.79. The lowest BCUT2D eigenvalue weighted by Crippen LogP contribution is -2.57. The van der Waals surface area contributed by atoms with Gasteiger partial charge in [0.1, 0.15) is 5.60 Å². The number of nitrogens with zero attached hydrogens (tertiary/aromatic N) is 1. The first-order valence-electron chi connectivity index (χ1n) is 6.85. The molecule has 2 unspecified atom stereocenters. The number of morpholine rings is 1. The monoisotopic (exact) mass is 291 g/mol. The lowest BCUT2D eigenvalue weighted by atomic mass is 10.0. The van der Waals surface area contributed by atoms with Crippen LogP contribution < -0.4 is 0 Å². The summed E-state index contributed by atoms with van der Waals surface area (Å²) >= 11 is 0. The second kappa shape index (κ2) is 4.98. The van der Waals surface area contributed by atoms with Crippen molar-refractivity contribution in [3.05, 3.63) is 0 Å². The Labute approximate surface area is 116 Å². The number of hydrogen-bond donors (Lipinski definition) is 0. The highest BCUT2D eigenvalue weighted by atomic mass is 32.2. The van der Waals surface area contributed by atoms with Crippen molar-refractivity contribution in [1.82, 2.24) is 4.31 Å². The average Bonchev–Trinajstić information content (AvgIpc) is 2.61. The summed E-state index contributed by atoms with van der Waals surface area (Å²) in [4.78, 5) is 0. The SMILES string of the molecule is CC1CN(S(=O)(=O)CC(C)(C)C)CC2(CCOC2)O1. The van der Waals surface area contributed by atoms with Gasteiger partial charge in [0.25, 0.3) is 0 Å². The molecule has 0 bridgehead atoms. The number of ether oxygens (including phenoxy) is 2. The molecule has 112 valence electrons. The Balaban J connectivity index is 2.15. The van der Waals surface area contributed by atoms with Crippen LogP contribution in [0, 0.1) is 5.41 Å². The van der Waals surface area contributed by atoms with E-state index in [0.717, 1.165) is 6.42 Å². The third kappa shape index (κ3) is 3.68. The molecule has 0 amide bonds. The average molecular weight is 291 g/mol. The van der Waals surface area contributed by atoms with E-state index in [0.29, 0.717) is 26.3 Å². The van der Waals surface area contributed by atoms with Crippen LogP contribution in [0.1, 0.15) is 34.1 Å². The fourth-order valence-electron chi connectivity index (χ4n) is 2.83. The van der Waals surface area contributed by atoms with Gasteiger partial charge >= 0.3 is 0 Å². The predicted molar refractivity (Wildman–Crippen MR) is 73.5 cm³/mol. The van der Waals surface area contributed by atoms with Crippen molar-refractivity contribution in [2.24, 2.45) is 5.41 Å². The maximum Gasteiger partial charge on any atom is 0.214 e. The highest BCUT2D eigenvalue weighted by molar-refractivity contribution is 7.89. The van der Waals surface area contributed by atoms with Crippen molar-refractivity contribution in [2.75, 3.05) is 32.1 Å². The normalized spacial score (nSPS) is 34.0.